The van der Waals surface area contributed by atoms with E-state index in [9.17, 15) is 17.2 Å². The minimum Gasteiger partial charge on any atom is -0.399 e. The molecule has 0 radical (unpaired) electrons. The maximum atomic E-state index is 13.6. The topological polar surface area (TPSA) is 72.2 Å². The molecular weight excluding hydrogens is 286 g/mol. The molecule has 0 spiro atoms. The van der Waals surface area contributed by atoms with E-state index in [4.69, 9.17) is 5.73 Å². The number of sulfonamides is 1. The average molecular weight is 306 g/mol. The van der Waals surface area contributed by atoms with E-state index in [0.29, 0.717) is 0 Å². The van der Waals surface area contributed by atoms with Crippen LogP contribution in [0.15, 0.2) is 17.0 Å². The van der Waals surface area contributed by atoms with Crippen LogP contribution in [-0.2, 0) is 10.0 Å². The zero-order chi connectivity index (χ0) is 15.5. The first kappa shape index (κ1) is 16.8. The van der Waals surface area contributed by atoms with E-state index in [2.05, 4.69) is 4.72 Å². The Kier molecular flexibility index (Phi) is 5.47. The molecule has 1 aromatic carbocycles. The smallest absolute Gasteiger partial charge is 0.243 e. The standard InChI is InChI=1S/C13H20F2N2O2S/c1-4-9(5-2)8(3)17-20(18,19)12-7-10(16)6-11(14)13(12)15/h6-9,17H,4-5,16H2,1-3H3. The number of halogens is 2. The van der Waals surface area contributed by atoms with E-state index in [1.165, 1.54) is 0 Å². The Hall–Kier alpha value is -1.21. The Bertz CT molecular complexity index is 572. The first-order valence-electron chi connectivity index (χ1n) is 6.49. The van der Waals surface area contributed by atoms with Gasteiger partial charge in [0.15, 0.2) is 11.6 Å². The van der Waals surface area contributed by atoms with Crippen molar-refractivity contribution < 1.29 is 17.2 Å². The van der Waals surface area contributed by atoms with E-state index >= 15 is 0 Å². The van der Waals surface area contributed by atoms with Gasteiger partial charge in [0.2, 0.25) is 10.0 Å². The molecule has 0 aliphatic rings. The normalized spacial score (nSPS) is 13.7. The molecule has 1 atom stereocenters. The summed E-state index contributed by atoms with van der Waals surface area (Å²) in [6.45, 7) is 5.59. The van der Waals surface area contributed by atoms with Gasteiger partial charge in [0, 0.05) is 11.7 Å². The lowest BCUT2D eigenvalue weighted by Gasteiger charge is -2.22. The van der Waals surface area contributed by atoms with Gasteiger partial charge in [-0.3, -0.25) is 0 Å². The number of rotatable bonds is 6. The van der Waals surface area contributed by atoms with Crippen molar-refractivity contribution in [2.45, 2.75) is 44.6 Å². The number of nitrogen functional groups attached to an aromatic ring is 1. The Labute approximate surface area is 118 Å². The van der Waals surface area contributed by atoms with Crippen LogP contribution in [0.1, 0.15) is 33.6 Å². The summed E-state index contributed by atoms with van der Waals surface area (Å²) in [5.41, 5.74) is 5.23. The van der Waals surface area contributed by atoms with Crippen LogP contribution in [0.2, 0.25) is 0 Å². The second-order valence-corrected chi connectivity index (χ2v) is 6.48. The zero-order valence-electron chi connectivity index (χ0n) is 11.8. The van der Waals surface area contributed by atoms with Crippen molar-refractivity contribution in [2.75, 3.05) is 5.73 Å². The van der Waals surface area contributed by atoms with Gasteiger partial charge in [-0.15, -0.1) is 0 Å². The van der Waals surface area contributed by atoms with Crippen LogP contribution in [-0.4, -0.2) is 14.5 Å². The number of nitrogens with one attached hydrogen (secondary N) is 1. The van der Waals surface area contributed by atoms with E-state index in [-0.39, 0.29) is 17.6 Å². The molecule has 0 aliphatic heterocycles. The van der Waals surface area contributed by atoms with Crippen molar-refractivity contribution in [3.63, 3.8) is 0 Å². The summed E-state index contributed by atoms with van der Waals surface area (Å²) >= 11 is 0. The third-order valence-corrected chi connectivity index (χ3v) is 4.96. The third kappa shape index (κ3) is 3.67. The van der Waals surface area contributed by atoms with Crippen LogP contribution in [0.4, 0.5) is 14.5 Å². The Morgan fingerprint density at radius 3 is 2.30 bits per heavy atom. The maximum Gasteiger partial charge on any atom is 0.243 e. The van der Waals surface area contributed by atoms with Gasteiger partial charge in [0.25, 0.3) is 0 Å². The highest BCUT2D eigenvalue weighted by atomic mass is 32.2. The number of benzene rings is 1. The summed E-state index contributed by atoms with van der Waals surface area (Å²) in [6.07, 6.45) is 1.57. The molecule has 0 fully saturated rings. The lowest BCUT2D eigenvalue weighted by Crippen LogP contribution is -2.38. The van der Waals surface area contributed by atoms with Crippen molar-refractivity contribution in [1.29, 1.82) is 0 Å². The van der Waals surface area contributed by atoms with Gasteiger partial charge in [0.1, 0.15) is 4.90 Å². The number of hydrogen-bond donors (Lipinski definition) is 2. The fourth-order valence-electron chi connectivity index (χ4n) is 2.18. The molecule has 20 heavy (non-hydrogen) atoms. The largest absolute Gasteiger partial charge is 0.399 e. The Morgan fingerprint density at radius 1 is 1.25 bits per heavy atom. The van der Waals surface area contributed by atoms with Gasteiger partial charge in [-0.1, -0.05) is 26.7 Å². The summed E-state index contributed by atoms with van der Waals surface area (Å²) in [6, 6.07) is 1.29. The van der Waals surface area contributed by atoms with E-state index in [1.807, 2.05) is 13.8 Å². The zero-order valence-corrected chi connectivity index (χ0v) is 12.6. The van der Waals surface area contributed by atoms with Crippen LogP contribution >= 0.6 is 0 Å². The van der Waals surface area contributed by atoms with E-state index in [0.717, 1.165) is 25.0 Å². The van der Waals surface area contributed by atoms with Gasteiger partial charge in [-0.2, -0.15) is 0 Å². The van der Waals surface area contributed by atoms with Crippen LogP contribution in [0.5, 0.6) is 0 Å². The van der Waals surface area contributed by atoms with E-state index in [1.54, 1.807) is 6.92 Å². The first-order chi connectivity index (χ1) is 9.22. The molecule has 7 heteroatoms. The predicted octanol–water partition coefficient (Wildman–Crippen LogP) is 2.65. The number of nitrogens with two attached hydrogens (primary N) is 1. The molecule has 1 unspecified atom stereocenters. The second-order valence-electron chi connectivity index (χ2n) is 4.80. The fourth-order valence-corrected chi connectivity index (χ4v) is 3.61. The lowest BCUT2D eigenvalue weighted by atomic mass is 9.96. The molecule has 1 rings (SSSR count). The molecule has 4 nitrogen and oxygen atoms in total. The van der Waals surface area contributed by atoms with Crippen LogP contribution in [0, 0.1) is 17.6 Å². The summed E-state index contributed by atoms with van der Waals surface area (Å²) < 4.78 is 53.5. The minimum absolute atomic E-state index is 0.124. The highest BCUT2D eigenvalue weighted by Crippen LogP contribution is 2.22. The molecular formula is C13H20F2N2O2S. The molecule has 0 amide bonds. The Morgan fingerprint density at radius 2 is 1.80 bits per heavy atom. The summed E-state index contributed by atoms with van der Waals surface area (Å²) in [7, 11) is -4.15. The quantitative estimate of drug-likeness (QED) is 0.794. The fraction of sp³-hybridized carbons (Fsp3) is 0.538. The molecule has 0 saturated carbocycles. The van der Waals surface area contributed by atoms with Crippen molar-refractivity contribution >= 4 is 15.7 Å². The first-order valence-corrected chi connectivity index (χ1v) is 7.98. The van der Waals surface area contributed by atoms with Crippen molar-refractivity contribution in [3.8, 4) is 0 Å². The molecule has 3 N–H and O–H groups in total. The molecule has 0 heterocycles. The highest BCUT2D eigenvalue weighted by molar-refractivity contribution is 7.89. The lowest BCUT2D eigenvalue weighted by molar-refractivity contribution is 0.389. The molecule has 0 aromatic heterocycles. The van der Waals surface area contributed by atoms with Crippen LogP contribution in [0.3, 0.4) is 0 Å². The van der Waals surface area contributed by atoms with E-state index < -0.39 is 26.6 Å². The van der Waals surface area contributed by atoms with Crippen molar-refractivity contribution in [2.24, 2.45) is 5.92 Å². The van der Waals surface area contributed by atoms with Gasteiger partial charge in [-0.05, 0) is 25.0 Å². The third-order valence-electron chi connectivity index (χ3n) is 3.40. The molecule has 1 aromatic rings. The second kappa shape index (κ2) is 6.49. The summed E-state index contributed by atoms with van der Waals surface area (Å²) in [5.74, 6) is -2.57. The molecule has 0 saturated heterocycles. The molecule has 0 aliphatic carbocycles. The van der Waals surface area contributed by atoms with Gasteiger partial charge < -0.3 is 5.73 Å². The van der Waals surface area contributed by atoms with Gasteiger partial charge >= 0.3 is 0 Å². The van der Waals surface area contributed by atoms with Gasteiger partial charge in [0.05, 0.1) is 0 Å². The summed E-state index contributed by atoms with van der Waals surface area (Å²) in [5, 5.41) is 0. The molecule has 0 bridgehead atoms. The predicted molar refractivity (Wildman–Crippen MR) is 74.6 cm³/mol. The summed E-state index contributed by atoms with van der Waals surface area (Å²) in [4.78, 5) is -0.757. The average Bonchev–Trinajstić information content (AvgIpc) is 2.34. The van der Waals surface area contributed by atoms with Crippen LogP contribution in [0.25, 0.3) is 0 Å². The maximum absolute atomic E-state index is 13.6. The van der Waals surface area contributed by atoms with Crippen molar-refractivity contribution in [3.05, 3.63) is 23.8 Å². The highest BCUT2D eigenvalue weighted by Gasteiger charge is 2.26. The Balaban J connectivity index is 3.12. The molecule has 114 valence electrons. The minimum atomic E-state index is -4.15. The SMILES string of the molecule is CCC(CC)C(C)NS(=O)(=O)c1cc(N)cc(F)c1F. The van der Waals surface area contributed by atoms with Gasteiger partial charge in [-0.25, -0.2) is 21.9 Å². The monoisotopic (exact) mass is 306 g/mol. The number of anilines is 1. The van der Waals surface area contributed by atoms with Crippen LogP contribution < -0.4 is 10.5 Å². The number of hydrogen-bond acceptors (Lipinski definition) is 3. The van der Waals surface area contributed by atoms with Crippen molar-refractivity contribution in [1.82, 2.24) is 4.72 Å².